The topological polar surface area (TPSA) is 357 Å². The van der Waals surface area contributed by atoms with E-state index >= 15 is 0 Å². The number of aromatic amines is 1. The van der Waals surface area contributed by atoms with Crippen molar-refractivity contribution >= 4 is 124 Å². The minimum Gasteiger partial charge on any atom is -0.506 e. The molecular weight excluding hydrogens is 1730 g/mol. The van der Waals surface area contributed by atoms with Crippen LogP contribution < -0.4 is 40.4 Å². The summed E-state index contributed by atoms with van der Waals surface area (Å²) in [5.74, 6) is 1.13. The average Bonchev–Trinajstić information content (AvgIpc) is 1.61. The molecule has 0 aliphatic carbocycles. The van der Waals surface area contributed by atoms with E-state index < -0.39 is 35.2 Å². The molecule has 130 heavy (non-hydrogen) atoms. The maximum atomic E-state index is 13.5. The number of aromatic carboxylic acids is 1. The number of anilines is 4. The first-order valence-corrected chi connectivity index (χ1v) is 45.0. The molecule has 35 heteroatoms. The van der Waals surface area contributed by atoms with Crippen LogP contribution in [-0.4, -0.2) is 168 Å². The number of carboxylic acid groups (broad SMARTS) is 1. The number of sulfonamides is 1. The number of carbonyl (C=O) groups excluding carboxylic acids is 1. The molecule has 1 amide bonds. The Morgan fingerprint density at radius 3 is 1.59 bits per heavy atom. The fourth-order valence-corrected chi connectivity index (χ4v) is 18.3. The van der Waals surface area contributed by atoms with Gasteiger partial charge in [0.25, 0.3) is 5.91 Å². The van der Waals surface area contributed by atoms with Gasteiger partial charge in [0.15, 0.2) is 5.88 Å². The lowest BCUT2D eigenvalue weighted by atomic mass is 10.0. The Kier molecular flexibility index (Phi) is 27.1. The molecule has 7 aromatic heterocycles. The smallest absolute Gasteiger partial charge is 0.356 e. The maximum Gasteiger partial charge on any atom is 0.356 e. The van der Waals surface area contributed by atoms with Gasteiger partial charge < -0.3 is 63.9 Å². The Morgan fingerprint density at radius 2 is 1.08 bits per heavy atom. The van der Waals surface area contributed by atoms with Gasteiger partial charge in [0, 0.05) is 124 Å². The van der Waals surface area contributed by atoms with Crippen molar-refractivity contribution in [1.29, 1.82) is 0 Å². The molecule has 0 unspecified atom stereocenters. The largest absolute Gasteiger partial charge is 0.506 e. The van der Waals surface area contributed by atoms with Crippen LogP contribution in [0.1, 0.15) is 59.9 Å². The number of nitrogens with zero attached hydrogens (tertiary/aromatic N) is 12. The highest BCUT2D eigenvalue weighted by atomic mass is 32.2. The van der Waals surface area contributed by atoms with Crippen molar-refractivity contribution < 1.29 is 79.1 Å². The number of nitrogens with one attached hydrogen (secondary N) is 1. The van der Waals surface area contributed by atoms with Crippen molar-refractivity contribution in [1.82, 2.24) is 48.4 Å². The summed E-state index contributed by atoms with van der Waals surface area (Å²) in [6, 6.07) is 69.1. The summed E-state index contributed by atoms with van der Waals surface area (Å²) in [4.78, 5) is 52.8. The van der Waals surface area contributed by atoms with Crippen molar-refractivity contribution in [3.63, 3.8) is 0 Å². The van der Waals surface area contributed by atoms with E-state index in [1.165, 1.54) is 80.9 Å². The van der Waals surface area contributed by atoms with E-state index in [1.54, 1.807) is 101 Å². The van der Waals surface area contributed by atoms with Gasteiger partial charge >= 0.3 is 13.6 Å². The van der Waals surface area contributed by atoms with E-state index in [1.807, 2.05) is 109 Å². The van der Waals surface area contributed by atoms with Gasteiger partial charge in [-0.1, -0.05) is 45.9 Å². The molecule has 668 valence electrons. The molecule has 0 bridgehead atoms. The minimum absolute atomic E-state index is 0.0465. The molecule has 9 N–H and O–H groups in total. The quantitative estimate of drug-likeness (QED) is 0.0225. The van der Waals surface area contributed by atoms with Gasteiger partial charge in [-0.3, -0.25) is 32.6 Å². The van der Waals surface area contributed by atoms with E-state index in [0.29, 0.717) is 89.9 Å². The maximum absolute atomic E-state index is 13.5. The molecule has 0 saturated carbocycles. The van der Waals surface area contributed by atoms with E-state index in [9.17, 15) is 55.0 Å². The van der Waals surface area contributed by atoms with Crippen LogP contribution in [0.15, 0.2) is 265 Å². The van der Waals surface area contributed by atoms with Crippen molar-refractivity contribution in [2.24, 2.45) is 10.9 Å². The van der Waals surface area contributed by atoms with Gasteiger partial charge in [-0.2, -0.15) is 5.21 Å². The number of halogens is 4. The third kappa shape index (κ3) is 19.8. The molecule has 28 nitrogen and oxygen atoms in total. The van der Waals surface area contributed by atoms with E-state index in [-0.39, 0.29) is 45.0 Å². The summed E-state index contributed by atoms with van der Waals surface area (Å²) in [5.41, 5.74) is 16.9. The number of amides is 1. The molecule has 0 radical (unpaired) electrons. The summed E-state index contributed by atoms with van der Waals surface area (Å²) in [6.07, 6.45) is 3.56. The number of methoxy groups -OCH3 is 2. The number of aromatic nitrogens is 10. The predicted molar refractivity (Wildman–Crippen MR) is 496 cm³/mol. The number of primary sulfonamides is 1. The van der Waals surface area contributed by atoms with E-state index in [2.05, 4.69) is 87.6 Å². The van der Waals surface area contributed by atoms with Crippen LogP contribution in [0.4, 0.5) is 40.7 Å². The normalized spacial score (nSPS) is 12.9. The van der Waals surface area contributed by atoms with Crippen LogP contribution in [0.3, 0.4) is 0 Å². The number of phenols is 1. The molecule has 19 rings (SSSR count). The number of para-hydroxylation sites is 1. The molecule has 2 saturated heterocycles. The zero-order valence-corrected chi connectivity index (χ0v) is 73.8. The lowest BCUT2D eigenvalue weighted by molar-refractivity contribution is 0.0696. The number of hydrogen-bond acceptors (Lipinski definition) is 18. The van der Waals surface area contributed by atoms with Gasteiger partial charge in [0.05, 0.1) is 102 Å². The first-order valence-electron chi connectivity index (χ1n) is 41.0. The summed E-state index contributed by atoms with van der Waals surface area (Å²) in [5, 5.41) is 44.1. The fourth-order valence-electron chi connectivity index (χ4n) is 15.7. The number of hydrogen-bond donors (Lipinski definition) is 7. The standard InChI is InChI=1S/C22H17FN6.C20H23FNO3PS.C19H20N4O3.C18H18FN3O4S.C16H12FNO3/c1-28(18-5-3-2-4-6-18)21-14-16-13-15(22-24-26-27-25-22)7-12-20(16)29(21)19-10-8-17(23)9-11-19;1-12(2)17-11-18-14(9-19(17)26(23,24)25)10-20(27-13(3)4)22(18)16-7-5-15(21)6-8-16;1-25-17-11-16-13(9-15(17)19(20)24)10-18(22-5-7-26-8-6-22)23(16)14-3-2-4-21-12-14;19-13-1-3-14(4-2-13)22-15-11-16(23)17(27(20,24)25)9-12(15)10-18(22)21-5-7-26-8-6-21;1-21-15-9-11-8-10(16(19)20)2-7-14(11)18(15)13-5-3-12(17)4-6-13/h2-14H,1H3,(H,24,25,26,27);5-13H,1-4H3,(H2,23,24,25);2-4,9-12H,5-8H2,1H3,(H2,20,24);1-4,9-11,23H,5-8H2,(H2,20,24,25);2-9H,1H3,(H,19,20). The molecule has 2 aliphatic rings. The summed E-state index contributed by atoms with van der Waals surface area (Å²) >= 11 is 1.65. The Bertz CT molecular complexity index is 7130. The van der Waals surface area contributed by atoms with E-state index in [4.69, 9.17) is 34.9 Å². The second-order valence-electron chi connectivity index (χ2n) is 30.9. The molecule has 17 aromatic rings. The Hall–Kier alpha value is -14.1. The average molecular weight is 1820 g/mol. The van der Waals surface area contributed by atoms with Gasteiger partial charge in [0.1, 0.15) is 57.1 Å². The van der Waals surface area contributed by atoms with Gasteiger partial charge in [-0.25, -0.2) is 35.9 Å². The number of rotatable bonds is 19. The Labute approximate surface area is 747 Å². The van der Waals surface area contributed by atoms with Gasteiger partial charge in [0.2, 0.25) is 15.8 Å². The van der Waals surface area contributed by atoms with Gasteiger partial charge in [-0.15, -0.1) is 22.0 Å². The lowest BCUT2D eigenvalue weighted by Gasteiger charge is -2.29. The lowest BCUT2D eigenvalue weighted by Crippen LogP contribution is -2.37. The number of thioether (sulfide) groups is 1. The monoisotopic (exact) mass is 1820 g/mol. The number of pyridine rings is 1. The number of morpholine rings is 2. The number of phenolic OH excluding ortho intramolecular Hbond substituents is 1. The molecule has 0 spiro atoms. The van der Waals surface area contributed by atoms with E-state index in [0.717, 1.165) is 113 Å². The van der Waals surface area contributed by atoms with Crippen molar-refractivity contribution in [3.8, 4) is 57.2 Å². The third-order valence-corrected chi connectivity index (χ3v) is 24.7. The molecule has 9 heterocycles. The highest BCUT2D eigenvalue weighted by molar-refractivity contribution is 7.99. The number of aromatic hydroxyl groups is 1. The predicted octanol–water partition coefficient (Wildman–Crippen LogP) is 17.3. The Morgan fingerprint density at radius 1 is 0.562 bits per heavy atom. The molecule has 2 fully saturated rings. The molecule has 0 atom stereocenters. The second kappa shape index (κ2) is 38.8. The molecule has 10 aromatic carbocycles. The zero-order chi connectivity index (χ0) is 92.0. The number of H-pyrrole nitrogens is 1. The van der Waals surface area contributed by atoms with Crippen LogP contribution in [0.2, 0.25) is 0 Å². The summed E-state index contributed by atoms with van der Waals surface area (Å²) < 4.78 is 120. The number of benzene rings is 10. The van der Waals surface area contributed by atoms with Gasteiger partial charge in [-0.05, 0) is 223 Å². The highest BCUT2D eigenvalue weighted by Crippen LogP contribution is 2.44. The number of nitrogens with two attached hydrogens (primary N) is 2. The fraction of sp³-hybridized carbons (Fsp3) is 0.179. The van der Waals surface area contributed by atoms with Crippen LogP contribution in [0.25, 0.3) is 94.3 Å². The summed E-state index contributed by atoms with van der Waals surface area (Å²) in [6.45, 7) is 13.4. The van der Waals surface area contributed by atoms with Crippen LogP contribution in [-0.2, 0) is 24.1 Å². The number of ether oxygens (including phenoxy) is 4. The van der Waals surface area contributed by atoms with Crippen molar-refractivity contribution in [2.75, 3.05) is 88.6 Å². The third-order valence-electron chi connectivity index (χ3n) is 21.8. The second-order valence-corrected chi connectivity index (χ2v) is 35.6. The summed E-state index contributed by atoms with van der Waals surface area (Å²) in [7, 11) is -3.37. The number of primary amides is 1. The Balaban J connectivity index is 0.000000125. The van der Waals surface area contributed by atoms with Crippen LogP contribution in [0, 0.1) is 23.3 Å². The van der Waals surface area contributed by atoms with Crippen LogP contribution in [0.5, 0.6) is 17.4 Å². The van der Waals surface area contributed by atoms with Crippen molar-refractivity contribution in [3.05, 3.63) is 295 Å². The number of carbonyl (C=O) groups is 2. The SMILES string of the molecule is CC(C)Sc1cc2cc(P(=O)(O)O)c(C(C)C)cc2n1-c1ccc(F)cc1.CN(c1ccccc1)c1cc2cc(-c3nn[nH]n3)ccc2n1-c1ccc(F)cc1.COc1cc2c(cc1C(N)=O)cc(N1CCOCC1)n2-c1cccnc1.COc1cc2cc(C(=O)O)ccc2n1-c1ccc(F)cc1.NS(=O)(=O)c1cc2cc(N3CCOCC3)n(-c3ccc(F)cc3)c2cc1O. The molecule has 2 aliphatic heterocycles. The van der Waals surface area contributed by atoms with Crippen molar-refractivity contribution in [2.45, 2.75) is 48.8 Å². The first-order chi connectivity index (χ1) is 62.4. The minimum atomic E-state index is -4.39. The van der Waals surface area contributed by atoms with Crippen LogP contribution >= 0.6 is 19.4 Å². The number of carboxylic acids is 1. The first kappa shape index (κ1) is 90.7. The zero-order valence-electron chi connectivity index (χ0n) is 71.3. The number of tetrazole rings is 1. The molecular formula is C95H90F4N15O13PS2. The number of fused-ring (bicyclic) bond motifs is 5. The highest BCUT2D eigenvalue weighted by Gasteiger charge is 2.29.